The summed E-state index contributed by atoms with van der Waals surface area (Å²) in [5.41, 5.74) is 2.59. The molecule has 6 nitrogen and oxygen atoms in total. The van der Waals surface area contributed by atoms with Gasteiger partial charge in [0.1, 0.15) is 11.0 Å². The van der Waals surface area contributed by atoms with E-state index in [0.717, 1.165) is 21.7 Å². The van der Waals surface area contributed by atoms with Crippen molar-refractivity contribution in [2.75, 3.05) is 0 Å². The second kappa shape index (κ2) is 14.5. The van der Waals surface area contributed by atoms with Crippen LogP contribution in [0.4, 0.5) is 0 Å². The molecule has 3 aromatic carbocycles. The van der Waals surface area contributed by atoms with Gasteiger partial charge in [-0.2, -0.15) is 0 Å². The molecule has 0 radical (unpaired) electrons. The Balaban J connectivity index is 1.58. The van der Waals surface area contributed by atoms with Crippen LogP contribution in [0.2, 0.25) is 0 Å². The fourth-order valence-corrected chi connectivity index (χ4v) is 5.32. The van der Waals surface area contributed by atoms with Gasteiger partial charge in [0.25, 0.3) is 0 Å². The summed E-state index contributed by atoms with van der Waals surface area (Å²) < 4.78 is 0. The van der Waals surface area contributed by atoms with Crippen molar-refractivity contribution in [3.8, 4) is 0 Å². The molecule has 0 aliphatic carbocycles. The molecule has 0 saturated carbocycles. The van der Waals surface area contributed by atoms with Crippen LogP contribution in [0.15, 0.2) is 115 Å². The van der Waals surface area contributed by atoms with E-state index >= 15 is 0 Å². The predicted octanol–water partition coefficient (Wildman–Crippen LogP) is 5.44. The van der Waals surface area contributed by atoms with Crippen molar-refractivity contribution in [2.24, 2.45) is 0 Å². The number of thiazole rings is 1. The molecule has 3 N–H and O–H groups in total. The average molecular weight is 567 g/mol. The molecule has 3 atom stereocenters. The van der Waals surface area contributed by atoms with E-state index in [1.54, 1.807) is 12.3 Å². The van der Waals surface area contributed by atoms with Crippen LogP contribution in [-0.4, -0.2) is 34.4 Å². The maximum absolute atomic E-state index is 13.9. The van der Waals surface area contributed by atoms with Crippen molar-refractivity contribution >= 4 is 23.2 Å². The number of nitrogens with zero attached hydrogens (tertiary/aromatic N) is 1. The highest BCUT2D eigenvalue weighted by Gasteiger charge is 2.30. The van der Waals surface area contributed by atoms with Crippen LogP contribution < -0.4 is 16.0 Å². The Labute approximate surface area is 246 Å². The molecular formula is C34H38N4O2S. The van der Waals surface area contributed by atoms with Crippen molar-refractivity contribution in [3.63, 3.8) is 0 Å². The molecule has 0 bridgehead atoms. The molecule has 2 unspecified atom stereocenters. The molecular weight excluding hydrogens is 528 g/mol. The smallest absolute Gasteiger partial charge is 0.243 e. The van der Waals surface area contributed by atoms with Gasteiger partial charge in [0.05, 0.1) is 12.1 Å². The maximum Gasteiger partial charge on any atom is 0.243 e. The molecule has 0 saturated heterocycles. The molecule has 0 spiro atoms. The number of rotatable bonds is 14. The van der Waals surface area contributed by atoms with E-state index in [-0.39, 0.29) is 17.9 Å². The summed E-state index contributed by atoms with van der Waals surface area (Å²) in [6, 6.07) is 28.0. The van der Waals surface area contributed by atoms with Gasteiger partial charge in [-0.3, -0.25) is 14.9 Å². The minimum Gasteiger partial charge on any atom is -0.345 e. The highest BCUT2D eigenvalue weighted by molar-refractivity contribution is 7.09. The van der Waals surface area contributed by atoms with Crippen LogP contribution in [0.3, 0.4) is 0 Å². The van der Waals surface area contributed by atoms with Crippen molar-refractivity contribution in [3.05, 3.63) is 137 Å². The van der Waals surface area contributed by atoms with Gasteiger partial charge in [-0.05, 0) is 43.4 Å². The first kappa shape index (κ1) is 29.9. The Morgan fingerprint density at radius 2 is 1.27 bits per heavy atom. The summed E-state index contributed by atoms with van der Waals surface area (Å²) in [6.07, 6.45) is 4.96. The number of amides is 2. The van der Waals surface area contributed by atoms with Crippen LogP contribution in [0.25, 0.3) is 0 Å². The van der Waals surface area contributed by atoms with E-state index in [1.165, 1.54) is 11.3 Å². The molecule has 1 heterocycles. The monoisotopic (exact) mass is 566 g/mol. The number of benzene rings is 3. The molecule has 41 heavy (non-hydrogen) atoms. The van der Waals surface area contributed by atoms with E-state index in [1.807, 2.05) is 110 Å². The summed E-state index contributed by atoms with van der Waals surface area (Å²) in [7, 11) is 0. The van der Waals surface area contributed by atoms with Crippen molar-refractivity contribution in [1.29, 1.82) is 0 Å². The molecule has 4 aromatic rings. The third-order valence-corrected chi connectivity index (χ3v) is 7.81. The number of hydrogen-bond donors (Lipinski definition) is 3. The SMILES string of the molecule is C=CC(C)(C)N[C@@H](Cc1ccccc1)C(=O)NC(Cc1ccccc1)C(=O)NC(Cc1ccccc1)c1nccs1. The Kier molecular flexibility index (Phi) is 10.6. The molecule has 7 heteroatoms. The van der Waals surface area contributed by atoms with Gasteiger partial charge in [0.15, 0.2) is 0 Å². The van der Waals surface area contributed by atoms with E-state index in [4.69, 9.17) is 0 Å². The molecule has 4 rings (SSSR count). The number of aromatic nitrogens is 1. The zero-order chi connectivity index (χ0) is 29.1. The van der Waals surface area contributed by atoms with E-state index in [0.29, 0.717) is 19.3 Å². The highest BCUT2D eigenvalue weighted by Crippen LogP contribution is 2.21. The standard InChI is InChI=1S/C34H38N4O2S/c1-4-34(2,3)38-29(23-26-16-10-6-11-17-26)32(40)36-28(22-25-14-8-5-9-15-25)31(39)37-30(33-35-20-21-41-33)24-27-18-12-7-13-19-27/h4-21,28-30,38H,1,22-24H2,2-3H3,(H,36,40)(H,37,39)/t28?,29-,30?/m0/s1. The van der Waals surface area contributed by atoms with E-state index in [9.17, 15) is 9.59 Å². The van der Waals surface area contributed by atoms with Crippen LogP contribution in [-0.2, 0) is 28.9 Å². The van der Waals surface area contributed by atoms with Gasteiger partial charge >= 0.3 is 0 Å². The van der Waals surface area contributed by atoms with E-state index < -0.39 is 17.6 Å². The number of carbonyl (C=O) groups excluding carboxylic acids is 2. The first-order valence-corrected chi connectivity index (χ1v) is 14.7. The number of nitrogens with one attached hydrogen (secondary N) is 3. The van der Waals surface area contributed by atoms with Crippen LogP contribution in [0.1, 0.15) is 41.6 Å². The van der Waals surface area contributed by atoms with Gasteiger partial charge in [0.2, 0.25) is 11.8 Å². The Morgan fingerprint density at radius 3 is 1.76 bits per heavy atom. The summed E-state index contributed by atoms with van der Waals surface area (Å²) in [5.74, 6) is -0.492. The fraction of sp³-hybridized carbons (Fsp3) is 0.265. The summed E-state index contributed by atoms with van der Waals surface area (Å²) in [5, 5.41) is 12.4. The first-order chi connectivity index (χ1) is 19.8. The minimum atomic E-state index is -0.782. The van der Waals surface area contributed by atoms with Crippen LogP contribution >= 0.6 is 11.3 Å². The summed E-state index contributed by atoms with van der Waals surface area (Å²) in [4.78, 5) is 32.3. The van der Waals surface area contributed by atoms with E-state index in [2.05, 4.69) is 27.5 Å². The van der Waals surface area contributed by atoms with Crippen molar-refractivity contribution in [1.82, 2.24) is 20.9 Å². The molecule has 212 valence electrons. The van der Waals surface area contributed by atoms with Gasteiger partial charge < -0.3 is 10.6 Å². The number of carbonyl (C=O) groups is 2. The average Bonchev–Trinajstić information content (AvgIpc) is 3.53. The van der Waals surface area contributed by atoms with Crippen molar-refractivity contribution in [2.45, 2.75) is 56.8 Å². The minimum absolute atomic E-state index is 0.242. The van der Waals surface area contributed by atoms with Crippen LogP contribution in [0, 0.1) is 0 Å². The lowest BCUT2D eigenvalue weighted by Crippen LogP contribution is -2.57. The van der Waals surface area contributed by atoms with Gasteiger partial charge in [-0.1, -0.05) is 97.1 Å². The lowest BCUT2D eigenvalue weighted by Gasteiger charge is -2.30. The molecule has 0 aliphatic heterocycles. The van der Waals surface area contributed by atoms with Crippen molar-refractivity contribution < 1.29 is 9.59 Å². The van der Waals surface area contributed by atoms with Gasteiger partial charge in [0, 0.05) is 23.5 Å². The second-order valence-electron chi connectivity index (χ2n) is 10.7. The first-order valence-electron chi connectivity index (χ1n) is 13.9. The zero-order valence-corrected chi connectivity index (χ0v) is 24.4. The zero-order valence-electron chi connectivity index (χ0n) is 23.6. The summed E-state index contributed by atoms with van der Waals surface area (Å²) in [6.45, 7) is 7.87. The lowest BCUT2D eigenvalue weighted by molar-refractivity contribution is -0.130. The third kappa shape index (κ3) is 9.23. The molecule has 2 amide bonds. The lowest BCUT2D eigenvalue weighted by atomic mass is 9.98. The Bertz CT molecular complexity index is 1380. The number of hydrogen-bond acceptors (Lipinski definition) is 5. The molecule has 0 fully saturated rings. The molecule has 1 aromatic heterocycles. The highest BCUT2D eigenvalue weighted by atomic mass is 32.1. The predicted molar refractivity (Wildman–Crippen MR) is 167 cm³/mol. The van der Waals surface area contributed by atoms with Gasteiger partial charge in [-0.25, -0.2) is 4.98 Å². The topological polar surface area (TPSA) is 83.1 Å². The Morgan fingerprint density at radius 1 is 0.780 bits per heavy atom. The third-order valence-electron chi connectivity index (χ3n) is 6.92. The van der Waals surface area contributed by atoms with Gasteiger partial charge in [-0.15, -0.1) is 17.9 Å². The normalized spacial score (nSPS) is 13.5. The maximum atomic E-state index is 13.9. The largest absolute Gasteiger partial charge is 0.345 e. The van der Waals surface area contributed by atoms with Crippen LogP contribution in [0.5, 0.6) is 0 Å². The molecule has 0 aliphatic rings. The Hall–Kier alpha value is -4.07. The second-order valence-corrected chi connectivity index (χ2v) is 11.6. The fourth-order valence-electron chi connectivity index (χ4n) is 4.63. The summed E-state index contributed by atoms with van der Waals surface area (Å²) >= 11 is 1.50. The quantitative estimate of drug-likeness (QED) is 0.178.